The van der Waals surface area contributed by atoms with E-state index in [1.54, 1.807) is 13.8 Å². The lowest BCUT2D eigenvalue weighted by Crippen LogP contribution is -2.16. The van der Waals surface area contributed by atoms with Crippen LogP contribution in [0.3, 0.4) is 0 Å². The first-order valence-electron chi connectivity index (χ1n) is 10.6. The molecule has 1 N–H and O–H groups in total. The number of hydrogen-bond donors (Lipinski definition) is 1. The summed E-state index contributed by atoms with van der Waals surface area (Å²) < 4.78 is 27.1. The predicted molar refractivity (Wildman–Crippen MR) is 128 cm³/mol. The Kier molecular flexibility index (Phi) is 6.20. The van der Waals surface area contributed by atoms with Gasteiger partial charge in [0, 0.05) is 11.3 Å². The van der Waals surface area contributed by atoms with Gasteiger partial charge < -0.3 is 5.11 Å². The Balaban J connectivity index is 2.26. The minimum atomic E-state index is -2.73. The third-order valence-electron chi connectivity index (χ3n) is 5.43. The van der Waals surface area contributed by atoms with Gasteiger partial charge in [-0.3, -0.25) is 0 Å². The largest absolute Gasteiger partial charge is 0.386 e. The lowest BCUT2D eigenvalue weighted by Gasteiger charge is -2.26. The summed E-state index contributed by atoms with van der Waals surface area (Å²) in [5, 5.41) is 12.5. The third-order valence-corrected chi connectivity index (χ3v) is 6.45. The number of thiophene rings is 1. The molecule has 2 aromatic carbocycles. The van der Waals surface area contributed by atoms with Crippen molar-refractivity contribution in [3.05, 3.63) is 70.1 Å². The number of hydrogen-bond acceptors (Lipinski definition) is 2. The van der Waals surface area contributed by atoms with Crippen LogP contribution in [-0.4, -0.2) is 11.0 Å². The molecule has 0 aliphatic rings. The Bertz CT molecular complexity index is 1080. The summed E-state index contributed by atoms with van der Waals surface area (Å²) in [6, 6.07) is 14.3. The van der Waals surface area contributed by atoms with Gasteiger partial charge in [0.2, 0.25) is 5.92 Å². The molecule has 31 heavy (non-hydrogen) atoms. The van der Waals surface area contributed by atoms with Gasteiger partial charge in [0.05, 0.1) is 5.60 Å². The highest BCUT2D eigenvalue weighted by atomic mass is 32.1. The second kappa shape index (κ2) is 8.14. The standard InChI is InChI=1S/C27H32F2OS/c1-17-8-11-23(25(2,3)4)22(12-17)21-14-19(26(5,6)30)9-10-20(21)24-13-18(16-31-24)15-27(7,28)29/h8-14,16,30H,15H2,1-7H3. The van der Waals surface area contributed by atoms with E-state index in [9.17, 15) is 13.9 Å². The van der Waals surface area contributed by atoms with Gasteiger partial charge in [-0.1, -0.05) is 56.7 Å². The van der Waals surface area contributed by atoms with Crippen LogP contribution in [0.15, 0.2) is 47.8 Å². The zero-order valence-corrected chi connectivity index (χ0v) is 20.3. The van der Waals surface area contributed by atoms with Crippen LogP contribution in [0.5, 0.6) is 0 Å². The Morgan fingerprint density at radius 3 is 2.10 bits per heavy atom. The van der Waals surface area contributed by atoms with Crippen LogP contribution in [0.2, 0.25) is 0 Å². The highest BCUT2D eigenvalue weighted by Crippen LogP contribution is 2.42. The molecule has 0 bridgehead atoms. The number of halogens is 2. The van der Waals surface area contributed by atoms with Gasteiger partial charge in [-0.05, 0) is 84.0 Å². The Labute approximate surface area is 188 Å². The fraction of sp³-hybridized carbons (Fsp3) is 0.407. The van der Waals surface area contributed by atoms with Crippen molar-refractivity contribution in [2.45, 2.75) is 71.8 Å². The number of benzene rings is 2. The van der Waals surface area contributed by atoms with Gasteiger partial charge in [0.25, 0.3) is 0 Å². The minimum Gasteiger partial charge on any atom is -0.386 e. The second-order valence-electron chi connectivity index (χ2n) is 10.2. The molecular weight excluding hydrogens is 410 g/mol. The molecule has 1 aromatic heterocycles. The second-order valence-corrected chi connectivity index (χ2v) is 11.1. The monoisotopic (exact) mass is 442 g/mol. The summed E-state index contributed by atoms with van der Waals surface area (Å²) in [4.78, 5) is 0.956. The number of aryl methyl sites for hydroxylation is 1. The van der Waals surface area contributed by atoms with Crippen molar-refractivity contribution >= 4 is 11.3 Å². The molecule has 166 valence electrons. The Morgan fingerprint density at radius 2 is 1.52 bits per heavy atom. The molecule has 3 aromatic rings. The molecule has 4 heteroatoms. The van der Waals surface area contributed by atoms with E-state index in [1.807, 2.05) is 29.6 Å². The molecule has 0 amide bonds. The van der Waals surface area contributed by atoms with Gasteiger partial charge >= 0.3 is 0 Å². The lowest BCUT2D eigenvalue weighted by molar-refractivity contribution is 0.0227. The SMILES string of the molecule is Cc1ccc(C(C)(C)C)c(-c2cc(C(C)(C)O)ccc2-c2cc(CC(C)(F)F)cs2)c1. The summed E-state index contributed by atoms with van der Waals surface area (Å²) in [7, 11) is 0. The molecule has 0 saturated heterocycles. The molecule has 0 spiro atoms. The molecule has 0 aliphatic carbocycles. The Morgan fingerprint density at radius 1 is 0.839 bits per heavy atom. The number of aliphatic hydroxyl groups is 1. The fourth-order valence-electron chi connectivity index (χ4n) is 3.87. The summed E-state index contributed by atoms with van der Waals surface area (Å²) >= 11 is 1.49. The van der Waals surface area contributed by atoms with Crippen molar-refractivity contribution in [2.24, 2.45) is 0 Å². The summed E-state index contributed by atoms with van der Waals surface area (Å²) in [6.07, 6.45) is -0.266. The fourth-order valence-corrected chi connectivity index (χ4v) is 4.82. The van der Waals surface area contributed by atoms with Crippen molar-refractivity contribution in [3.63, 3.8) is 0 Å². The van der Waals surface area contributed by atoms with Gasteiger partial charge in [-0.25, -0.2) is 8.78 Å². The topological polar surface area (TPSA) is 20.2 Å². The highest BCUT2D eigenvalue weighted by Gasteiger charge is 2.25. The van der Waals surface area contributed by atoms with Crippen LogP contribution in [0.1, 0.15) is 63.8 Å². The predicted octanol–water partition coefficient (Wildman–Crippen LogP) is 8.11. The molecular formula is C27H32F2OS. The molecule has 0 aliphatic heterocycles. The lowest BCUT2D eigenvalue weighted by atomic mass is 9.79. The first-order chi connectivity index (χ1) is 14.1. The van der Waals surface area contributed by atoms with E-state index in [-0.39, 0.29) is 11.8 Å². The minimum absolute atomic E-state index is 0.0735. The average Bonchev–Trinajstić information content (AvgIpc) is 3.05. The molecule has 3 rings (SSSR count). The van der Waals surface area contributed by atoms with Crippen molar-refractivity contribution in [2.75, 3.05) is 0 Å². The average molecular weight is 443 g/mol. The zero-order valence-electron chi connectivity index (χ0n) is 19.4. The first kappa shape index (κ1) is 23.6. The zero-order chi connectivity index (χ0) is 23.2. The Hall–Kier alpha value is -2.04. The van der Waals surface area contributed by atoms with Crippen molar-refractivity contribution < 1.29 is 13.9 Å². The van der Waals surface area contributed by atoms with Crippen molar-refractivity contribution in [1.29, 1.82) is 0 Å². The normalized spacial score (nSPS) is 13.0. The maximum absolute atomic E-state index is 13.6. The van der Waals surface area contributed by atoms with Gasteiger partial charge in [0.1, 0.15) is 0 Å². The van der Waals surface area contributed by atoms with Crippen LogP contribution < -0.4 is 0 Å². The number of alkyl halides is 2. The molecule has 0 radical (unpaired) electrons. The van der Waals surface area contributed by atoms with E-state index < -0.39 is 11.5 Å². The molecule has 0 saturated carbocycles. The summed E-state index contributed by atoms with van der Waals surface area (Å²) in [5.41, 5.74) is 5.91. The molecule has 1 nitrogen and oxygen atoms in total. The molecule has 1 heterocycles. The van der Waals surface area contributed by atoms with Crippen LogP contribution in [0.4, 0.5) is 8.78 Å². The maximum Gasteiger partial charge on any atom is 0.249 e. The molecule has 0 unspecified atom stereocenters. The van der Waals surface area contributed by atoms with E-state index in [4.69, 9.17) is 0 Å². The van der Waals surface area contributed by atoms with Crippen LogP contribution in [-0.2, 0) is 17.4 Å². The van der Waals surface area contributed by atoms with E-state index in [1.165, 1.54) is 16.9 Å². The first-order valence-corrected chi connectivity index (χ1v) is 11.5. The van der Waals surface area contributed by atoms with E-state index in [2.05, 4.69) is 45.9 Å². The van der Waals surface area contributed by atoms with Crippen LogP contribution in [0, 0.1) is 6.92 Å². The van der Waals surface area contributed by atoms with Crippen molar-refractivity contribution in [1.82, 2.24) is 0 Å². The summed E-state index contributed by atoms with van der Waals surface area (Å²) in [6.45, 7) is 13.1. The van der Waals surface area contributed by atoms with Crippen LogP contribution >= 0.6 is 11.3 Å². The van der Waals surface area contributed by atoms with E-state index in [0.29, 0.717) is 5.56 Å². The maximum atomic E-state index is 13.6. The van der Waals surface area contributed by atoms with Gasteiger partial charge in [-0.2, -0.15) is 0 Å². The summed E-state index contributed by atoms with van der Waals surface area (Å²) in [5.74, 6) is -2.73. The molecule has 0 fully saturated rings. The van der Waals surface area contributed by atoms with Crippen LogP contribution in [0.25, 0.3) is 21.6 Å². The van der Waals surface area contributed by atoms with Gasteiger partial charge in [0.15, 0.2) is 0 Å². The quantitative estimate of drug-likeness (QED) is 0.423. The smallest absolute Gasteiger partial charge is 0.249 e. The van der Waals surface area contributed by atoms with Crippen molar-refractivity contribution in [3.8, 4) is 21.6 Å². The van der Waals surface area contributed by atoms with E-state index in [0.717, 1.165) is 39.6 Å². The highest BCUT2D eigenvalue weighted by molar-refractivity contribution is 7.13. The van der Waals surface area contributed by atoms with E-state index >= 15 is 0 Å². The number of rotatable bonds is 5. The third kappa shape index (κ3) is 5.61. The molecule has 0 atom stereocenters. The van der Waals surface area contributed by atoms with Gasteiger partial charge in [-0.15, -0.1) is 11.3 Å².